The molecular weight excluding hydrogens is 225 g/mol. The molecule has 0 spiro atoms. The van der Waals surface area contributed by atoms with Crippen molar-refractivity contribution >= 4 is 11.5 Å². The molecule has 0 radical (unpaired) electrons. The van der Waals surface area contributed by atoms with Gasteiger partial charge in [-0.3, -0.25) is 0 Å². The number of nitrogens with zero attached hydrogens (tertiary/aromatic N) is 2. The van der Waals surface area contributed by atoms with Crippen LogP contribution in [0.25, 0.3) is 0 Å². The minimum atomic E-state index is -0.209. The molecule has 0 aliphatic heterocycles. The van der Waals surface area contributed by atoms with E-state index in [1.165, 1.54) is 23.7 Å². The number of hydrogen-bond donors (Lipinski definition) is 1. The minimum Gasteiger partial charge on any atom is -0.304 e. The van der Waals surface area contributed by atoms with E-state index in [1.807, 2.05) is 12.3 Å². The maximum Gasteiger partial charge on any atom is 0.123 e. The number of nitrogens with one attached hydrogen (secondary N) is 1. The molecule has 0 amide bonds. The molecule has 1 aromatic heterocycles. The Balaban J connectivity index is 1.93. The van der Waals surface area contributed by atoms with E-state index in [4.69, 9.17) is 0 Å². The van der Waals surface area contributed by atoms with Crippen LogP contribution in [0, 0.1) is 5.82 Å². The third-order valence-corrected chi connectivity index (χ3v) is 2.92. The zero-order valence-corrected chi connectivity index (χ0v) is 9.67. The van der Waals surface area contributed by atoms with E-state index in [0.29, 0.717) is 6.54 Å². The molecule has 0 fully saturated rings. The second kappa shape index (κ2) is 5.14. The van der Waals surface area contributed by atoms with Gasteiger partial charge in [-0.25, -0.2) is 4.39 Å². The summed E-state index contributed by atoms with van der Waals surface area (Å²) >= 11 is 1.34. The highest BCUT2D eigenvalue weighted by Gasteiger charge is 2.05. The van der Waals surface area contributed by atoms with E-state index < -0.39 is 0 Å². The molecule has 1 N–H and O–H groups in total. The van der Waals surface area contributed by atoms with Crippen LogP contribution in [-0.2, 0) is 6.54 Å². The van der Waals surface area contributed by atoms with Crippen LogP contribution in [0.4, 0.5) is 4.39 Å². The van der Waals surface area contributed by atoms with E-state index in [0.717, 1.165) is 11.3 Å². The van der Waals surface area contributed by atoms with Crippen LogP contribution in [0.2, 0.25) is 0 Å². The van der Waals surface area contributed by atoms with Crippen LogP contribution < -0.4 is 5.32 Å². The minimum absolute atomic E-state index is 0.169. The first-order valence-electron chi connectivity index (χ1n) is 5.00. The van der Waals surface area contributed by atoms with Crippen LogP contribution in [0.15, 0.2) is 29.6 Å². The summed E-state index contributed by atoms with van der Waals surface area (Å²) in [7, 11) is 0. The normalized spacial score (nSPS) is 12.6. The van der Waals surface area contributed by atoms with Crippen molar-refractivity contribution in [3.05, 3.63) is 46.7 Å². The van der Waals surface area contributed by atoms with E-state index in [-0.39, 0.29) is 11.9 Å². The molecule has 1 heterocycles. The summed E-state index contributed by atoms with van der Waals surface area (Å²) in [5.74, 6) is -0.209. The van der Waals surface area contributed by atoms with Crippen molar-refractivity contribution in [3.8, 4) is 0 Å². The Kier molecular flexibility index (Phi) is 3.58. The second-order valence-electron chi connectivity index (χ2n) is 3.55. The summed E-state index contributed by atoms with van der Waals surface area (Å²) in [5, 5.41) is 9.15. The van der Waals surface area contributed by atoms with Crippen LogP contribution in [0.5, 0.6) is 0 Å². The van der Waals surface area contributed by atoms with E-state index in [2.05, 4.69) is 14.9 Å². The van der Waals surface area contributed by atoms with Crippen LogP contribution >= 0.6 is 11.5 Å². The van der Waals surface area contributed by atoms with Crippen molar-refractivity contribution in [2.75, 3.05) is 0 Å². The number of aromatic nitrogens is 2. The van der Waals surface area contributed by atoms with Crippen LogP contribution in [0.3, 0.4) is 0 Å². The molecule has 5 heteroatoms. The fourth-order valence-electron chi connectivity index (χ4n) is 1.39. The fourth-order valence-corrected chi connectivity index (χ4v) is 1.84. The van der Waals surface area contributed by atoms with Crippen molar-refractivity contribution in [2.45, 2.75) is 19.5 Å². The van der Waals surface area contributed by atoms with Gasteiger partial charge >= 0.3 is 0 Å². The molecule has 0 unspecified atom stereocenters. The first-order chi connectivity index (χ1) is 7.75. The lowest BCUT2D eigenvalue weighted by molar-refractivity contribution is 0.564. The SMILES string of the molecule is C[C@H](NCc1csnn1)c1ccc(F)cc1. The highest BCUT2D eigenvalue weighted by Crippen LogP contribution is 2.13. The summed E-state index contributed by atoms with van der Waals surface area (Å²) < 4.78 is 16.5. The first kappa shape index (κ1) is 11.2. The Morgan fingerprint density at radius 1 is 1.38 bits per heavy atom. The number of benzene rings is 1. The lowest BCUT2D eigenvalue weighted by Gasteiger charge is -2.12. The summed E-state index contributed by atoms with van der Waals surface area (Å²) in [5.41, 5.74) is 1.99. The van der Waals surface area contributed by atoms with Gasteiger partial charge in [-0.05, 0) is 36.2 Å². The highest BCUT2D eigenvalue weighted by atomic mass is 32.1. The molecule has 0 bridgehead atoms. The van der Waals surface area contributed by atoms with E-state index in [9.17, 15) is 4.39 Å². The Morgan fingerprint density at radius 2 is 2.12 bits per heavy atom. The van der Waals surface area contributed by atoms with Gasteiger partial charge in [0.25, 0.3) is 0 Å². The smallest absolute Gasteiger partial charge is 0.123 e. The maximum absolute atomic E-state index is 12.7. The summed E-state index contributed by atoms with van der Waals surface area (Å²) in [4.78, 5) is 0. The Morgan fingerprint density at radius 3 is 2.75 bits per heavy atom. The second-order valence-corrected chi connectivity index (χ2v) is 4.16. The van der Waals surface area contributed by atoms with E-state index >= 15 is 0 Å². The van der Waals surface area contributed by atoms with Gasteiger partial charge in [-0.15, -0.1) is 5.10 Å². The molecule has 0 saturated heterocycles. The molecule has 3 nitrogen and oxygen atoms in total. The molecule has 1 atom stereocenters. The van der Waals surface area contributed by atoms with Gasteiger partial charge in [-0.1, -0.05) is 16.6 Å². The molecule has 2 rings (SSSR count). The number of hydrogen-bond acceptors (Lipinski definition) is 4. The van der Waals surface area contributed by atoms with Crippen molar-refractivity contribution in [1.29, 1.82) is 0 Å². The predicted molar refractivity (Wildman–Crippen MR) is 61.6 cm³/mol. The van der Waals surface area contributed by atoms with Crippen molar-refractivity contribution in [3.63, 3.8) is 0 Å². The molecule has 0 aliphatic rings. The van der Waals surface area contributed by atoms with Crippen LogP contribution in [-0.4, -0.2) is 9.59 Å². The quantitative estimate of drug-likeness (QED) is 0.888. The lowest BCUT2D eigenvalue weighted by atomic mass is 10.1. The van der Waals surface area contributed by atoms with Gasteiger partial charge in [0.05, 0.1) is 5.69 Å². The Labute approximate surface area is 97.5 Å². The lowest BCUT2D eigenvalue weighted by Crippen LogP contribution is -2.18. The maximum atomic E-state index is 12.7. The molecule has 0 aliphatic carbocycles. The van der Waals surface area contributed by atoms with Crippen LogP contribution in [0.1, 0.15) is 24.2 Å². The Bertz CT molecular complexity index is 427. The average Bonchev–Trinajstić information content (AvgIpc) is 2.80. The summed E-state index contributed by atoms with van der Waals surface area (Å²) in [6.07, 6.45) is 0. The van der Waals surface area contributed by atoms with Gasteiger partial charge in [-0.2, -0.15) is 0 Å². The average molecular weight is 237 g/mol. The number of halogens is 1. The topological polar surface area (TPSA) is 37.8 Å². The zero-order valence-electron chi connectivity index (χ0n) is 8.85. The molecule has 1 aromatic carbocycles. The Hall–Kier alpha value is -1.33. The standard InChI is InChI=1S/C11H12FN3S/c1-8(9-2-4-10(12)5-3-9)13-6-11-7-16-15-14-11/h2-5,7-8,13H,6H2,1H3/t8-/m0/s1. The predicted octanol–water partition coefficient (Wildman–Crippen LogP) is 2.53. The van der Waals surface area contributed by atoms with Crippen molar-refractivity contribution in [2.24, 2.45) is 0 Å². The summed E-state index contributed by atoms with van der Waals surface area (Å²) in [6, 6.07) is 6.68. The largest absolute Gasteiger partial charge is 0.304 e. The van der Waals surface area contributed by atoms with Gasteiger partial charge < -0.3 is 5.32 Å². The fraction of sp³-hybridized carbons (Fsp3) is 0.273. The number of rotatable bonds is 4. The molecule has 0 saturated carbocycles. The third kappa shape index (κ3) is 2.84. The zero-order chi connectivity index (χ0) is 11.4. The van der Waals surface area contributed by atoms with Gasteiger partial charge in [0.15, 0.2) is 0 Å². The summed E-state index contributed by atoms with van der Waals surface area (Å²) in [6.45, 7) is 2.71. The van der Waals surface area contributed by atoms with Crippen molar-refractivity contribution < 1.29 is 4.39 Å². The van der Waals surface area contributed by atoms with E-state index in [1.54, 1.807) is 12.1 Å². The van der Waals surface area contributed by atoms with Gasteiger partial charge in [0, 0.05) is 18.0 Å². The highest BCUT2D eigenvalue weighted by molar-refractivity contribution is 7.03. The monoisotopic (exact) mass is 237 g/mol. The first-order valence-corrected chi connectivity index (χ1v) is 5.84. The van der Waals surface area contributed by atoms with Crippen molar-refractivity contribution in [1.82, 2.24) is 14.9 Å². The molecular formula is C11H12FN3S. The molecule has 84 valence electrons. The molecule has 2 aromatic rings. The third-order valence-electron chi connectivity index (χ3n) is 2.36. The molecule has 16 heavy (non-hydrogen) atoms. The van der Waals surface area contributed by atoms with Gasteiger partial charge in [0.2, 0.25) is 0 Å². The van der Waals surface area contributed by atoms with Gasteiger partial charge in [0.1, 0.15) is 5.82 Å².